The summed E-state index contributed by atoms with van der Waals surface area (Å²) in [6, 6.07) is 19.3. The van der Waals surface area contributed by atoms with Crippen molar-refractivity contribution in [1.82, 2.24) is 4.98 Å². The van der Waals surface area contributed by atoms with E-state index in [1.54, 1.807) is 48.7 Å². The monoisotopic (exact) mass is 331 g/mol. The van der Waals surface area contributed by atoms with Gasteiger partial charge in [-0.05, 0) is 55.0 Å². The summed E-state index contributed by atoms with van der Waals surface area (Å²) in [5.41, 5.74) is 2.71. The summed E-state index contributed by atoms with van der Waals surface area (Å²) in [6.07, 6.45) is 1.69. The molecule has 0 fully saturated rings. The Morgan fingerprint density at radius 1 is 0.760 bits per heavy atom. The predicted octanol–water partition coefficient (Wildman–Crippen LogP) is 3.89. The average Bonchev–Trinajstić information content (AvgIpc) is 2.65. The zero-order valence-electron chi connectivity index (χ0n) is 13.7. The van der Waals surface area contributed by atoms with Crippen molar-refractivity contribution in [2.75, 3.05) is 10.6 Å². The number of benzene rings is 2. The van der Waals surface area contributed by atoms with E-state index in [9.17, 15) is 9.59 Å². The average molecular weight is 331 g/mol. The highest BCUT2D eigenvalue weighted by molar-refractivity contribution is 6.06. The molecule has 5 heteroatoms. The van der Waals surface area contributed by atoms with E-state index in [1.807, 2.05) is 31.2 Å². The van der Waals surface area contributed by atoms with Gasteiger partial charge in [-0.2, -0.15) is 0 Å². The van der Waals surface area contributed by atoms with E-state index in [0.29, 0.717) is 22.6 Å². The quantitative estimate of drug-likeness (QED) is 0.762. The molecule has 0 radical (unpaired) electrons. The second kappa shape index (κ2) is 7.40. The van der Waals surface area contributed by atoms with Gasteiger partial charge in [0, 0.05) is 23.0 Å². The second-order valence-electron chi connectivity index (χ2n) is 5.57. The lowest BCUT2D eigenvalue weighted by Crippen LogP contribution is -2.14. The highest BCUT2D eigenvalue weighted by Crippen LogP contribution is 2.13. The van der Waals surface area contributed by atoms with Crippen molar-refractivity contribution < 1.29 is 9.59 Å². The van der Waals surface area contributed by atoms with Crippen LogP contribution in [0.4, 0.5) is 11.5 Å². The summed E-state index contributed by atoms with van der Waals surface area (Å²) in [5, 5.41) is 5.53. The largest absolute Gasteiger partial charge is 0.322 e. The number of aromatic nitrogens is 1. The fourth-order valence-electron chi connectivity index (χ4n) is 2.23. The number of carbonyl (C=O) groups is 2. The molecule has 0 spiro atoms. The van der Waals surface area contributed by atoms with Crippen LogP contribution in [0.1, 0.15) is 26.3 Å². The van der Waals surface area contributed by atoms with Crippen LogP contribution in [0.2, 0.25) is 0 Å². The third-order valence-corrected chi connectivity index (χ3v) is 3.59. The maximum atomic E-state index is 12.2. The molecular weight excluding hydrogens is 314 g/mol. The van der Waals surface area contributed by atoms with Crippen LogP contribution in [0, 0.1) is 6.92 Å². The summed E-state index contributed by atoms with van der Waals surface area (Å²) in [7, 11) is 0. The van der Waals surface area contributed by atoms with Crippen LogP contribution in [0.5, 0.6) is 0 Å². The predicted molar refractivity (Wildman–Crippen MR) is 97.8 cm³/mol. The minimum atomic E-state index is -0.253. The van der Waals surface area contributed by atoms with E-state index in [-0.39, 0.29) is 11.8 Å². The molecule has 1 heterocycles. The number of rotatable bonds is 4. The van der Waals surface area contributed by atoms with Gasteiger partial charge in [-0.15, -0.1) is 0 Å². The molecule has 0 bridgehead atoms. The van der Waals surface area contributed by atoms with Crippen molar-refractivity contribution in [2.24, 2.45) is 0 Å². The van der Waals surface area contributed by atoms with Crippen molar-refractivity contribution in [3.63, 3.8) is 0 Å². The molecule has 2 aromatic carbocycles. The van der Waals surface area contributed by atoms with E-state index in [0.717, 1.165) is 5.56 Å². The molecule has 0 atom stereocenters. The van der Waals surface area contributed by atoms with E-state index in [1.165, 1.54) is 0 Å². The van der Waals surface area contributed by atoms with Crippen LogP contribution in [0.15, 0.2) is 72.9 Å². The Morgan fingerprint density at radius 3 is 2.04 bits per heavy atom. The molecule has 2 N–H and O–H groups in total. The summed E-state index contributed by atoms with van der Waals surface area (Å²) in [6.45, 7) is 1.93. The lowest BCUT2D eigenvalue weighted by molar-refractivity contribution is 0.101. The molecule has 3 aromatic rings. The third-order valence-electron chi connectivity index (χ3n) is 3.59. The Morgan fingerprint density at radius 2 is 1.40 bits per heavy atom. The molecule has 25 heavy (non-hydrogen) atoms. The van der Waals surface area contributed by atoms with Crippen LogP contribution >= 0.6 is 0 Å². The molecule has 1 aromatic heterocycles. The molecule has 2 amide bonds. The van der Waals surface area contributed by atoms with Gasteiger partial charge in [0.05, 0.1) is 0 Å². The molecule has 0 saturated carbocycles. The molecule has 0 aliphatic carbocycles. The van der Waals surface area contributed by atoms with E-state index in [2.05, 4.69) is 15.6 Å². The summed E-state index contributed by atoms with van der Waals surface area (Å²) < 4.78 is 0. The topological polar surface area (TPSA) is 71.1 Å². The van der Waals surface area contributed by atoms with Crippen molar-refractivity contribution in [3.05, 3.63) is 89.6 Å². The zero-order valence-corrected chi connectivity index (χ0v) is 13.7. The second-order valence-corrected chi connectivity index (χ2v) is 5.57. The van der Waals surface area contributed by atoms with Crippen molar-refractivity contribution in [2.45, 2.75) is 6.92 Å². The maximum Gasteiger partial charge on any atom is 0.256 e. The number of hydrogen-bond donors (Lipinski definition) is 2. The van der Waals surface area contributed by atoms with Crippen molar-refractivity contribution >= 4 is 23.3 Å². The highest BCUT2D eigenvalue weighted by atomic mass is 16.2. The van der Waals surface area contributed by atoms with Crippen LogP contribution in [0.3, 0.4) is 0 Å². The van der Waals surface area contributed by atoms with Gasteiger partial charge in [0.1, 0.15) is 5.82 Å². The molecule has 0 unspecified atom stereocenters. The van der Waals surface area contributed by atoms with Gasteiger partial charge in [0.2, 0.25) is 0 Å². The highest BCUT2D eigenvalue weighted by Gasteiger charge is 2.08. The first kappa shape index (κ1) is 16.4. The zero-order chi connectivity index (χ0) is 17.6. The summed E-state index contributed by atoms with van der Waals surface area (Å²) in [5.74, 6) is 0.0519. The van der Waals surface area contributed by atoms with Crippen LogP contribution in [0.25, 0.3) is 0 Å². The fourth-order valence-corrected chi connectivity index (χ4v) is 2.23. The minimum Gasteiger partial charge on any atom is -0.322 e. The van der Waals surface area contributed by atoms with Gasteiger partial charge in [-0.3, -0.25) is 9.59 Å². The third kappa shape index (κ3) is 4.29. The number of nitrogens with zero attached hydrogens (tertiary/aromatic N) is 1. The first-order valence-electron chi connectivity index (χ1n) is 7.82. The van der Waals surface area contributed by atoms with Crippen molar-refractivity contribution in [3.8, 4) is 0 Å². The Kier molecular flexibility index (Phi) is 4.85. The number of pyridine rings is 1. The maximum absolute atomic E-state index is 12.2. The number of aryl methyl sites for hydroxylation is 1. The Bertz CT molecular complexity index is 873. The minimum absolute atomic E-state index is 0.193. The van der Waals surface area contributed by atoms with Gasteiger partial charge in [-0.1, -0.05) is 24.3 Å². The number of amides is 2. The SMILES string of the molecule is Cc1ccc(NC(=O)c2ccc(NC(=O)c3ccccc3)cc2)nc1. The molecule has 124 valence electrons. The lowest BCUT2D eigenvalue weighted by Gasteiger charge is -2.07. The molecule has 5 nitrogen and oxygen atoms in total. The smallest absolute Gasteiger partial charge is 0.256 e. The summed E-state index contributed by atoms with van der Waals surface area (Å²) >= 11 is 0. The molecule has 3 rings (SSSR count). The normalized spacial score (nSPS) is 10.1. The van der Waals surface area contributed by atoms with E-state index in [4.69, 9.17) is 0 Å². The number of nitrogens with one attached hydrogen (secondary N) is 2. The number of carbonyl (C=O) groups excluding carboxylic acids is 2. The van der Waals surface area contributed by atoms with Gasteiger partial charge >= 0.3 is 0 Å². The number of anilines is 2. The van der Waals surface area contributed by atoms with Gasteiger partial charge in [-0.25, -0.2) is 4.98 Å². The van der Waals surface area contributed by atoms with Crippen LogP contribution in [-0.4, -0.2) is 16.8 Å². The standard InChI is InChI=1S/C20H17N3O2/c1-14-7-12-18(21-13-14)23-20(25)16-8-10-17(11-9-16)22-19(24)15-5-3-2-4-6-15/h2-13H,1H3,(H,22,24)(H,21,23,25). The Balaban J connectivity index is 1.64. The lowest BCUT2D eigenvalue weighted by atomic mass is 10.1. The molecular formula is C20H17N3O2. The molecule has 0 aliphatic heterocycles. The van der Waals surface area contributed by atoms with Gasteiger partial charge < -0.3 is 10.6 Å². The van der Waals surface area contributed by atoms with Crippen LogP contribution < -0.4 is 10.6 Å². The van der Waals surface area contributed by atoms with E-state index < -0.39 is 0 Å². The first-order valence-corrected chi connectivity index (χ1v) is 7.82. The van der Waals surface area contributed by atoms with Gasteiger partial charge in [0.25, 0.3) is 11.8 Å². The Labute approximate surface area is 145 Å². The van der Waals surface area contributed by atoms with Gasteiger partial charge in [0.15, 0.2) is 0 Å². The number of hydrogen-bond acceptors (Lipinski definition) is 3. The fraction of sp³-hybridized carbons (Fsp3) is 0.0500. The molecule has 0 aliphatic rings. The van der Waals surface area contributed by atoms with E-state index >= 15 is 0 Å². The first-order chi connectivity index (χ1) is 12.1. The summed E-state index contributed by atoms with van der Waals surface area (Å²) in [4.78, 5) is 28.5. The Hall–Kier alpha value is -3.47. The van der Waals surface area contributed by atoms with Crippen LogP contribution in [-0.2, 0) is 0 Å². The molecule has 0 saturated heterocycles. The van der Waals surface area contributed by atoms with Crippen molar-refractivity contribution in [1.29, 1.82) is 0 Å².